The lowest BCUT2D eigenvalue weighted by Gasteiger charge is -2.08. The Bertz CT molecular complexity index is 854. The highest BCUT2D eigenvalue weighted by molar-refractivity contribution is 5.90. The van der Waals surface area contributed by atoms with E-state index in [-0.39, 0.29) is 31.4 Å². The van der Waals surface area contributed by atoms with E-state index < -0.39 is 0 Å². The van der Waals surface area contributed by atoms with Gasteiger partial charge in [-0.05, 0) is 28.5 Å². The Kier molecular flexibility index (Phi) is 5.43. The molecule has 0 aliphatic rings. The molecule has 0 bridgehead atoms. The molecule has 1 heterocycles. The fourth-order valence-electron chi connectivity index (χ4n) is 2.49. The van der Waals surface area contributed by atoms with Gasteiger partial charge in [-0.2, -0.15) is 0 Å². The number of amides is 2. The molecular formula is C19H18N2O4. The van der Waals surface area contributed by atoms with E-state index in [1.807, 2.05) is 42.5 Å². The van der Waals surface area contributed by atoms with Crippen LogP contribution in [0.15, 0.2) is 65.3 Å². The topological polar surface area (TPSA) is 80.6 Å². The number of rotatable bonds is 7. The van der Waals surface area contributed by atoms with Crippen LogP contribution in [0.5, 0.6) is 0 Å². The van der Waals surface area contributed by atoms with Crippen LogP contribution in [-0.4, -0.2) is 18.4 Å². The fourth-order valence-corrected chi connectivity index (χ4v) is 2.49. The molecule has 0 fully saturated rings. The second-order valence-electron chi connectivity index (χ2n) is 5.49. The van der Waals surface area contributed by atoms with Crippen LogP contribution in [0, 0.1) is 0 Å². The zero-order valence-corrected chi connectivity index (χ0v) is 13.5. The van der Waals surface area contributed by atoms with Crippen LogP contribution >= 0.6 is 0 Å². The molecule has 2 aromatic carbocycles. The normalized spacial score (nSPS) is 10.6. The third-order valence-electron chi connectivity index (χ3n) is 3.66. The summed E-state index contributed by atoms with van der Waals surface area (Å²) < 4.78 is 5.10. The molecule has 0 aliphatic carbocycles. The molecule has 0 saturated heterocycles. The summed E-state index contributed by atoms with van der Waals surface area (Å²) in [5.74, 6) is -0.00890. The van der Waals surface area contributed by atoms with Gasteiger partial charge in [0.1, 0.15) is 5.76 Å². The van der Waals surface area contributed by atoms with Crippen molar-refractivity contribution in [3.63, 3.8) is 0 Å². The SMILES string of the molecule is O=C(CONC(=O)Cc1cccc2ccccc12)NCc1ccco1. The predicted molar refractivity (Wildman–Crippen MR) is 92.3 cm³/mol. The third-order valence-corrected chi connectivity index (χ3v) is 3.66. The van der Waals surface area contributed by atoms with Crippen molar-refractivity contribution in [3.05, 3.63) is 72.2 Å². The molecular weight excluding hydrogens is 320 g/mol. The van der Waals surface area contributed by atoms with Gasteiger partial charge >= 0.3 is 0 Å². The van der Waals surface area contributed by atoms with Crippen LogP contribution < -0.4 is 10.8 Å². The maximum atomic E-state index is 12.0. The Morgan fingerprint density at radius 1 is 0.960 bits per heavy atom. The van der Waals surface area contributed by atoms with Gasteiger partial charge in [-0.1, -0.05) is 42.5 Å². The molecule has 128 valence electrons. The summed E-state index contributed by atoms with van der Waals surface area (Å²) in [7, 11) is 0. The predicted octanol–water partition coefficient (Wildman–Crippen LogP) is 2.34. The van der Waals surface area contributed by atoms with Crippen molar-refractivity contribution < 1.29 is 18.8 Å². The fraction of sp³-hybridized carbons (Fsp3) is 0.158. The van der Waals surface area contributed by atoms with Gasteiger partial charge < -0.3 is 9.73 Å². The lowest BCUT2D eigenvalue weighted by Crippen LogP contribution is -2.33. The molecule has 0 atom stereocenters. The van der Waals surface area contributed by atoms with Gasteiger partial charge in [0, 0.05) is 0 Å². The number of hydrogen-bond donors (Lipinski definition) is 2. The summed E-state index contributed by atoms with van der Waals surface area (Å²) in [4.78, 5) is 28.6. The first kappa shape index (κ1) is 16.7. The maximum absolute atomic E-state index is 12.0. The van der Waals surface area contributed by atoms with Crippen LogP contribution in [-0.2, 0) is 27.4 Å². The molecule has 2 N–H and O–H groups in total. The number of carbonyl (C=O) groups excluding carboxylic acids is 2. The monoisotopic (exact) mass is 338 g/mol. The summed E-state index contributed by atoms with van der Waals surface area (Å²) in [6.07, 6.45) is 1.71. The Labute approximate surface area is 144 Å². The number of fused-ring (bicyclic) bond motifs is 1. The van der Waals surface area contributed by atoms with Gasteiger partial charge in [0.05, 0.1) is 19.2 Å². The minimum Gasteiger partial charge on any atom is -0.467 e. The lowest BCUT2D eigenvalue weighted by molar-refractivity contribution is -0.138. The number of hydroxylamine groups is 1. The van der Waals surface area contributed by atoms with Crippen molar-refractivity contribution in [2.45, 2.75) is 13.0 Å². The van der Waals surface area contributed by atoms with Gasteiger partial charge in [0.25, 0.3) is 0 Å². The molecule has 25 heavy (non-hydrogen) atoms. The number of furan rings is 1. The average molecular weight is 338 g/mol. The standard InChI is InChI=1S/C19H18N2O4/c22-18(11-15-7-3-6-14-5-1-2-9-17(14)15)21-25-13-19(23)20-12-16-8-4-10-24-16/h1-10H,11-13H2,(H,20,23)(H,21,22). The second kappa shape index (κ2) is 8.12. The van der Waals surface area contributed by atoms with Crippen molar-refractivity contribution in [2.24, 2.45) is 0 Å². The van der Waals surface area contributed by atoms with E-state index in [0.717, 1.165) is 16.3 Å². The van der Waals surface area contributed by atoms with E-state index in [0.29, 0.717) is 5.76 Å². The molecule has 2 amide bonds. The van der Waals surface area contributed by atoms with E-state index in [9.17, 15) is 9.59 Å². The maximum Gasteiger partial charge on any atom is 0.249 e. The first-order valence-electron chi connectivity index (χ1n) is 7.89. The summed E-state index contributed by atoms with van der Waals surface area (Å²) in [5.41, 5.74) is 3.20. The number of carbonyl (C=O) groups is 2. The minimum atomic E-state index is -0.345. The third kappa shape index (κ3) is 4.68. The quantitative estimate of drug-likeness (QED) is 0.648. The first-order chi connectivity index (χ1) is 12.2. The van der Waals surface area contributed by atoms with Crippen molar-refractivity contribution >= 4 is 22.6 Å². The van der Waals surface area contributed by atoms with Gasteiger partial charge in [-0.25, -0.2) is 5.48 Å². The second-order valence-corrected chi connectivity index (χ2v) is 5.49. The Morgan fingerprint density at radius 2 is 1.80 bits per heavy atom. The molecule has 6 heteroatoms. The average Bonchev–Trinajstić information content (AvgIpc) is 3.14. The molecule has 0 aliphatic heterocycles. The highest BCUT2D eigenvalue weighted by Gasteiger charge is 2.08. The summed E-state index contributed by atoms with van der Waals surface area (Å²) in [6, 6.07) is 17.2. The van der Waals surface area contributed by atoms with E-state index in [1.54, 1.807) is 12.1 Å². The largest absolute Gasteiger partial charge is 0.467 e. The number of hydrogen-bond acceptors (Lipinski definition) is 4. The van der Waals surface area contributed by atoms with Crippen LogP contribution in [0.2, 0.25) is 0 Å². The molecule has 0 spiro atoms. The van der Waals surface area contributed by atoms with Gasteiger partial charge in [0.2, 0.25) is 11.8 Å². The van der Waals surface area contributed by atoms with Gasteiger partial charge in [0.15, 0.2) is 6.61 Å². The van der Waals surface area contributed by atoms with E-state index in [4.69, 9.17) is 9.25 Å². The molecule has 3 aromatic rings. The van der Waals surface area contributed by atoms with Crippen molar-refractivity contribution in [1.29, 1.82) is 0 Å². The Morgan fingerprint density at radius 3 is 2.64 bits per heavy atom. The highest BCUT2D eigenvalue weighted by atomic mass is 16.7. The van der Waals surface area contributed by atoms with Crippen LogP contribution in [0.3, 0.4) is 0 Å². The smallest absolute Gasteiger partial charge is 0.249 e. The molecule has 6 nitrogen and oxygen atoms in total. The molecule has 0 radical (unpaired) electrons. The van der Waals surface area contributed by atoms with Crippen LogP contribution in [0.25, 0.3) is 10.8 Å². The first-order valence-corrected chi connectivity index (χ1v) is 7.89. The summed E-state index contributed by atoms with van der Waals surface area (Å²) in [6.45, 7) is 0.0150. The van der Waals surface area contributed by atoms with Crippen molar-refractivity contribution in [3.8, 4) is 0 Å². The highest BCUT2D eigenvalue weighted by Crippen LogP contribution is 2.18. The minimum absolute atomic E-state index is 0.176. The van der Waals surface area contributed by atoms with Crippen LogP contribution in [0.1, 0.15) is 11.3 Å². The van der Waals surface area contributed by atoms with Crippen LogP contribution in [0.4, 0.5) is 0 Å². The summed E-state index contributed by atoms with van der Waals surface area (Å²) in [5, 5.41) is 4.72. The molecule has 1 aromatic heterocycles. The Hall–Kier alpha value is -3.12. The zero-order chi connectivity index (χ0) is 17.5. The van der Waals surface area contributed by atoms with Crippen molar-refractivity contribution in [1.82, 2.24) is 10.8 Å². The van der Waals surface area contributed by atoms with E-state index in [1.165, 1.54) is 6.26 Å². The van der Waals surface area contributed by atoms with E-state index >= 15 is 0 Å². The molecule has 0 unspecified atom stereocenters. The van der Waals surface area contributed by atoms with Gasteiger partial charge in [-0.3, -0.25) is 14.4 Å². The molecule has 0 saturated carbocycles. The Balaban J connectivity index is 1.44. The number of nitrogens with one attached hydrogen (secondary N) is 2. The summed E-state index contributed by atoms with van der Waals surface area (Å²) >= 11 is 0. The lowest BCUT2D eigenvalue weighted by atomic mass is 10.0. The number of benzene rings is 2. The van der Waals surface area contributed by atoms with Gasteiger partial charge in [-0.15, -0.1) is 0 Å². The van der Waals surface area contributed by atoms with Crippen molar-refractivity contribution in [2.75, 3.05) is 6.61 Å². The zero-order valence-electron chi connectivity index (χ0n) is 13.5. The molecule has 3 rings (SSSR count). The van der Waals surface area contributed by atoms with E-state index in [2.05, 4.69) is 10.8 Å².